The van der Waals surface area contributed by atoms with E-state index in [2.05, 4.69) is 22.5 Å². The van der Waals surface area contributed by atoms with E-state index in [-0.39, 0.29) is 28.3 Å². The van der Waals surface area contributed by atoms with E-state index in [1.54, 1.807) is 72.8 Å². The number of hydrogen-bond donors (Lipinski definition) is 2. The molecule has 0 spiro atoms. The van der Waals surface area contributed by atoms with E-state index in [0.717, 1.165) is 0 Å². The monoisotopic (exact) mass is 508 g/mol. The van der Waals surface area contributed by atoms with E-state index in [1.165, 1.54) is 18.2 Å². The van der Waals surface area contributed by atoms with Gasteiger partial charge in [0.25, 0.3) is 11.8 Å². The van der Waals surface area contributed by atoms with Crippen molar-refractivity contribution in [3.8, 4) is 24.7 Å². The topological polar surface area (TPSA) is 92.3 Å². The van der Waals surface area contributed by atoms with E-state index >= 15 is 0 Å². The van der Waals surface area contributed by atoms with Crippen LogP contribution >= 0.6 is 0 Å². The van der Waals surface area contributed by atoms with Crippen LogP contribution in [0.15, 0.2) is 91.0 Å². The Labute approximate surface area is 225 Å². The number of benzene rings is 4. The van der Waals surface area contributed by atoms with Gasteiger partial charge >= 0.3 is 0 Å². The van der Waals surface area contributed by atoms with Crippen molar-refractivity contribution in [3.63, 3.8) is 0 Å². The highest BCUT2D eigenvalue weighted by Gasteiger charge is 2.39. The molecule has 0 radical (unpaired) electrons. The number of carbonyl (C=O) groups excluding carboxylic acids is 4. The SMILES string of the molecule is C#Cc1cccc(NC(=O)c2cc(C(=O)Nc3cccc(C#C)c3)cc(C3C(=O)c4ccccc4C3=O)c2)c1. The van der Waals surface area contributed by atoms with Crippen LogP contribution < -0.4 is 10.6 Å². The maximum atomic E-state index is 13.3. The van der Waals surface area contributed by atoms with Gasteiger partial charge in [0, 0.05) is 44.8 Å². The first kappa shape index (κ1) is 25.0. The van der Waals surface area contributed by atoms with Crippen LogP contribution in [0.5, 0.6) is 0 Å². The first-order valence-corrected chi connectivity index (χ1v) is 12.0. The third kappa shape index (κ3) is 4.96. The standard InChI is InChI=1S/C33H20N2O4/c1-3-20-9-7-11-25(15-20)34-32(38)23-17-22(29-30(36)27-13-5-6-14-28(27)31(29)37)18-24(19-23)33(39)35-26-12-8-10-21(4-2)16-26/h1-2,5-19,29H,(H,34,38)(H,35,39). The van der Waals surface area contributed by atoms with Crippen molar-refractivity contribution < 1.29 is 19.2 Å². The van der Waals surface area contributed by atoms with Crippen LogP contribution in [0.4, 0.5) is 11.4 Å². The number of terminal acetylenes is 2. The summed E-state index contributed by atoms with van der Waals surface area (Å²) in [4.78, 5) is 53.1. The molecule has 0 saturated heterocycles. The number of anilines is 2. The number of carbonyl (C=O) groups is 4. The van der Waals surface area contributed by atoms with Gasteiger partial charge in [0.05, 0.1) is 0 Å². The Morgan fingerprint density at radius 2 is 1.08 bits per heavy atom. The van der Waals surface area contributed by atoms with Crippen LogP contribution in [0.3, 0.4) is 0 Å². The molecule has 0 fully saturated rings. The van der Waals surface area contributed by atoms with Gasteiger partial charge in [0.15, 0.2) is 11.6 Å². The molecular weight excluding hydrogens is 488 g/mol. The summed E-state index contributed by atoms with van der Waals surface area (Å²) in [5.41, 5.74) is 3.13. The number of fused-ring (bicyclic) bond motifs is 1. The Hall–Kier alpha value is -5.72. The first-order chi connectivity index (χ1) is 18.9. The first-order valence-electron chi connectivity index (χ1n) is 12.0. The summed E-state index contributed by atoms with van der Waals surface area (Å²) in [7, 11) is 0. The van der Waals surface area contributed by atoms with E-state index in [9.17, 15) is 19.2 Å². The van der Waals surface area contributed by atoms with Crippen molar-refractivity contribution in [2.24, 2.45) is 0 Å². The Morgan fingerprint density at radius 1 is 0.615 bits per heavy atom. The molecule has 4 aromatic rings. The van der Waals surface area contributed by atoms with E-state index in [1.807, 2.05) is 0 Å². The second kappa shape index (κ2) is 10.3. The van der Waals surface area contributed by atoms with Crippen molar-refractivity contribution in [3.05, 3.63) is 130 Å². The van der Waals surface area contributed by atoms with E-state index < -0.39 is 17.7 Å². The molecule has 0 aromatic heterocycles. The minimum absolute atomic E-state index is 0.0951. The van der Waals surface area contributed by atoms with Crippen LogP contribution in [0, 0.1) is 24.7 Å². The average molecular weight is 509 g/mol. The Balaban J connectivity index is 1.54. The number of amides is 2. The molecule has 39 heavy (non-hydrogen) atoms. The molecule has 1 aliphatic carbocycles. The lowest BCUT2D eigenvalue weighted by molar-refractivity contribution is 0.0886. The summed E-state index contributed by atoms with van der Waals surface area (Å²) in [5.74, 6) is 2.00. The lowest BCUT2D eigenvalue weighted by Gasteiger charge is -2.14. The Morgan fingerprint density at radius 3 is 1.51 bits per heavy atom. The summed E-state index contributed by atoms with van der Waals surface area (Å²) in [6.45, 7) is 0. The van der Waals surface area contributed by atoms with Gasteiger partial charge in [-0.3, -0.25) is 19.2 Å². The summed E-state index contributed by atoms with van der Waals surface area (Å²) in [5, 5.41) is 5.53. The zero-order valence-electron chi connectivity index (χ0n) is 20.5. The molecule has 0 unspecified atom stereocenters. The van der Waals surface area contributed by atoms with Gasteiger partial charge in [0.1, 0.15) is 5.92 Å². The van der Waals surface area contributed by atoms with Gasteiger partial charge in [-0.2, -0.15) is 0 Å². The molecule has 0 saturated carbocycles. The fraction of sp³-hybridized carbons (Fsp3) is 0.0303. The highest BCUT2D eigenvalue weighted by molar-refractivity contribution is 6.30. The smallest absolute Gasteiger partial charge is 0.255 e. The normalized spacial score (nSPS) is 12.3. The van der Waals surface area contributed by atoms with Gasteiger partial charge in [0.2, 0.25) is 0 Å². The Bertz CT molecular complexity index is 1650. The second-order valence-corrected chi connectivity index (χ2v) is 8.91. The van der Waals surface area contributed by atoms with Gasteiger partial charge in [-0.1, -0.05) is 48.2 Å². The molecule has 2 amide bonds. The van der Waals surface area contributed by atoms with E-state index in [4.69, 9.17) is 12.8 Å². The average Bonchev–Trinajstić information content (AvgIpc) is 3.22. The summed E-state index contributed by atoms with van der Waals surface area (Å²) in [6, 6.07) is 24.4. The molecular formula is C33H20N2O4. The number of Topliss-reactive ketones (excluding diaryl/α,β-unsaturated/α-hetero) is 2. The minimum Gasteiger partial charge on any atom is -0.322 e. The molecule has 6 heteroatoms. The van der Waals surface area contributed by atoms with Crippen LogP contribution in [-0.2, 0) is 0 Å². The predicted octanol–water partition coefficient (Wildman–Crippen LogP) is 5.32. The molecule has 0 bridgehead atoms. The Kier molecular flexibility index (Phi) is 6.61. The van der Waals surface area contributed by atoms with Crippen LogP contribution in [0.25, 0.3) is 0 Å². The summed E-state index contributed by atoms with van der Waals surface area (Å²) < 4.78 is 0. The number of nitrogens with one attached hydrogen (secondary N) is 2. The predicted molar refractivity (Wildman–Crippen MR) is 149 cm³/mol. The molecule has 0 aliphatic heterocycles. The quantitative estimate of drug-likeness (QED) is 0.282. The van der Waals surface area contributed by atoms with Gasteiger partial charge < -0.3 is 10.6 Å². The van der Waals surface area contributed by atoms with Gasteiger partial charge in [-0.05, 0) is 60.2 Å². The van der Waals surface area contributed by atoms with E-state index in [0.29, 0.717) is 33.6 Å². The van der Waals surface area contributed by atoms with Crippen LogP contribution in [0.1, 0.15) is 64.0 Å². The molecule has 1 aliphatic rings. The molecule has 0 heterocycles. The van der Waals surface area contributed by atoms with Crippen molar-refractivity contribution in [1.29, 1.82) is 0 Å². The number of ketones is 2. The number of rotatable bonds is 5. The van der Waals surface area contributed by atoms with Crippen molar-refractivity contribution in [2.45, 2.75) is 5.92 Å². The lowest BCUT2D eigenvalue weighted by atomic mass is 9.90. The van der Waals surface area contributed by atoms with Gasteiger partial charge in [-0.25, -0.2) is 0 Å². The zero-order chi connectivity index (χ0) is 27.5. The van der Waals surface area contributed by atoms with Crippen molar-refractivity contribution in [2.75, 3.05) is 10.6 Å². The molecule has 6 nitrogen and oxygen atoms in total. The molecule has 2 N–H and O–H groups in total. The lowest BCUT2D eigenvalue weighted by Crippen LogP contribution is -2.19. The van der Waals surface area contributed by atoms with Crippen LogP contribution in [0.2, 0.25) is 0 Å². The third-order valence-electron chi connectivity index (χ3n) is 6.37. The molecule has 0 atom stereocenters. The van der Waals surface area contributed by atoms with Crippen molar-refractivity contribution in [1.82, 2.24) is 0 Å². The van der Waals surface area contributed by atoms with Gasteiger partial charge in [-0.15, -0.1) is 12.8 Å². The minimum atomic E-state index is -1.17. The van der Waals surface area contributed by atoms with Crippen molar-refractivity contribution >= 4 is 34.8 Å². The fourth-order valence-electron chi connectivity index (χ4n) is 4.51. The third-order valence-corrected chi connectivity index (χ3v) is 6.37. The highest BCUT2D eigenvalue weighted by atomic mass is 16.2. The molecule has 186 valence electrons. The summed E-state index contributed by atoms with van der Waals surface area (Å²) >= 11 is 0. The molecule has 5 rings (SSSR count). The number of hydrogen-bond acceptors (Lipinski definition) is 4. The summed E-state index contributed by atoms with van der Waals surface area (Å²) in [6.07, 6.45) is 10.9. The highest BCUT2D eigenvalue weighted by Crippen LogP contribution is 2.35. The largest absolute Gasteiger partial charge is 0.322 e. The second-order valence-electron chi connectivity index (χ2n) is 8.91. The maximum absolute atomic E-state index is 13.3. The zero-order valence-corrected chi connectivity index (χ0v) is 20.5. The fourth-order valence-corrected chi connectivity index (χ4v) is 4.51. The van der Waals surface area contributed by atoms with Crippen LogP contribution in [-0.4, -0.2) is 23.4 Å². The maximum Gasteiger partial charge on any atom is 0.255 e. The molecule has 4 aromatic carbocycles.